The molecule has 1 amide bonds. The van der Waals surface area contributed by atoms with Gasteiger partial charge in [-0.25, -0.2) is 9.37 Å². The van der Waals surface area contributed by atoms with Gasteiger partial charge in [-0.2, -0.15) is 0 Å². The van der Waals surface area contributed by atoms with Crippen LogP contribution in [0.25, 0.3) is 22.3 Å². The molecule has 0 atom stereocenters. The SMILES string of the molecule is COc1cc(-c2cccc(-c3cccc(NC(=O)c4cncn(C)c4=O)c3C)c2C)cc(F)c1CN(C)C. The van der Waals surface area contributed by atoms with E-state index in [4.69, 9.17) is 4.74 Å². The first-order valence-corrected chi connectivity index (χ1v) is 12.2. The number of nitrogens with zero attached hydrogens (tertiary/aromatic N) is 3. The number of nitrogens with one attached hydrogen (secondary N) is 1. The van der Waals surface area contributed by atoms with Crippen LogP contribution in [0.1, 0.15) is 27.0 Å². The van der Waals surface area contributed by atoms with Crippen LogP contribution in [-0.4, -0.2) is 41.6 Å². The Labute approximate surface area is 221 Å². The van der Waals surface area contributed by atoms with Crippen molar-refractivity contribution in [2.24, 2.45) is 7.05 Å². The number of ether oxygens (including phenoxy) is 1. The Balaban J connectivity index is 1.74. The molecule has 7 nitrogen and oxygen atoms in total. The highest BCUT2D eigenvalue weighted by Gasteiger charge is 2.18. The molecule has 1 heterocycles. The van der Waals surface area contributed by atoms with Crippen LogP contribution in [-0.2, 0) is 13.6 Å². The maximum Gasteiger partial charge on any atom is 0.265 e. The summed E-state index contributed by atoms with van der Waals surface area (Å²) >= 11 is 0. The van der Waals surface area contributed by atoms with E-state index in [0.717, 1.165) is 33.4 Å². The molecule has 4 rings (SSSR count). The Kier molecular flexibility index (Phi) is 7.73. The van der Waals surface area contributed by atoms with Crippen molar-refractivity contribution < 1.29 is 13.9 Å². The van der Waals surface area contributed by atoms with E-state index in [0.29, 0.717) is 23.5 Å². The van der Waals surface area contributed by atoms with Gasteiger partial charge in [0.2, 0.25) is 0 Å². The predicted molar refractivity (Wildman–Crippen MR) is 148 cm³/mol. The fourth-order valence-electron chi connectivity index (χ4n) is 4.57. The van der Waals surface area contributed by atoms with Crippen molar-refractivity contribution in [2.45, 2.75) is 20.4 Å². The summed E-state index contributed by atoms with van der Waals surface area (Å²) in [6, 6.07) is 14.9. The van der Waals surface area contributed by atoms with E-state index >= 15 is 4.39 Å². The van der Waals surface area contributed by atoms with Gasteiger partial charge in [-0.05, 0) is 79.5 Å². The third-order valence-electron chi connectivity index (χ3n) is 6.60. The molecule has 0 unspecified atom stereocenters. The zero-order valence-corrected chi connectivity index (χ0v) is 22.4. The Morgan fingerprint density at radius 2 is 1.71 bits per heavy atom. The van der Waals surface area contributed by atoms with Crippen molar-refractivity contribution >= 4 is 11.6 Å². The molecule has 1 N–H and O–H groups in total. The standard InChI is InChI=1S/C30H31FN4O3/c1-18-21(20-13-26(31)25(16-34(3)4)28(14-20)38-6)9-7-10-22(18)23-11-8-12-27(19(23)2)33-29(36)24-15-32-17-35(5)30(24)37/h7-15,17H,16H2,1-6H3,(H,33,36). The molecule has 0 bridgehead atoms. The van der Waals surface area contributed by atoms with Gasteiger partial charge in [0, 0.05) is 31.0 Å². The van der Waals surface area contributed by atoms with Crippen LogP contribution in [0.3, 0.4) is 0 Å². The summed E-state index contributed by atoms with van der Waals surface area (Å²) in [7, 11) is 6.86. The number of benzene rings is 3. The maximum atomic E-state index is 15.2. The van der Waals surface area contributed by atoms with Crippen molar-refractivity contribution in [1.82, 2.24) is 14.5 Å². The smallest absolute Gasteiger partial charge is 0.265 e. The van der Waals surface area contributed by atoms with Gasteiger partial charge in [-0.1, -0.05) is 30.3 Å². The molecule has 0 spiro atoms. The summed E-state index contributed by atoms with van der Waals surface area (Å²) in [6.45, 7) is 4.33. The molecule has 0 fully saturated rings. The number of aromatic nitrogens is 2. The highest BCUT2D eigenvalue weighted by molar-refractivity contribution is 6.04. The van der Waals surface area contributed by atoms with Crippen LogP contribution in [0.5, 0.6) is 5.75 Å². The molecular weight excluding hydrogens is 483 g/mol. The third kappa shape index (κ3) is 5.21. The molecule has 0 aliphatic rings. The maximum absolute atomic E-state index is 15.2. The Hall–Kier alpha value is -4.30. The highest BCUT2D eigenvalue weighted by atomic mass is 19.1. The molecule has 0 saturated heterocycles. The van der Waals surface area contributed by atoms with E-state index in [1.807, 2.05) is 69.2 Å². The van der Waals surface area contributed by atoms with Crippen molar-refractivity contribution in [3.05, 3.63) is 99.5 Å². The molecular formula is C30H31FN4O3. The van der Waals surface area contributed by atoms with Crippen molar-refractivity contribution in [1.29, 1.82) is 0 Å². The number of amides is 1. The first-order chi connectivity index (χ1) is 18.1. The number of carbonyl (C=O) groups excluding carboxylic acids is 1. The molecule has 196 valence electrons. The molecule has 0 radical (unpaired) electrons. The summed E-state index contributed by atoms with van der Waals surface area (Å²) in [5, 5.41) is 2.85. The first kappa shape index (κ1) is 26.8. The summed E-state index contributed by atoms with van der Waals surface area (Å²) in [6.07, 6.45) is 2.62. The minimum atomic E-state index is -0.523. The molecule has 0 saturated carbocycles. The molecule has 4 aromatic rings. The average molecular weight is 515 g/mol. The van der Waals surface area contributed by atoms with Crippen LogP contribution in [0.15, 0.2) is 65.8 Å². The second-order valence-electron chi connectivity index (χ2n) is 9.51. The Bertz CT molecular complexity index is 1580. The second-order valence-corrected chi connectivity index (χ2v) is 9.51. The van der Waals surface area contributed by atoms with E-state index in [1.165, 1.54) is 17.1 Å². The summed E-state index contributed by atoms with van der Waals surface area (Å²) < 4.78 is 22.0. The minimum Gasteiger partial charge on any atom is -0.496 e. The van der Waals surface area contributed by atoms with Gasteiger partial charge in [0.25, 0.3) is 11.5 Å². The van der Waals surface area contributed by atoms with Crippen LogP contribution >= 0.6 is 0 Å². The number of anilines is 1. The molecule has 3 aromatic carbocycles. The normalized spacial score (nSPS) is 11.1. The zero-order valence-electron chi connectivity index (χ0n) is 22.4. The second kappa shape index (κ2) is 11.0. The van der Waals surface area contributed by atoms with Gasteiger partial charge < -0.3 is 19.5 Å². The lowest BCUT2D eigenvalue weighted by atomic mass is 9.90. The fraction of sp³-hybridized carbons (Fsp3) is 0.233. The number of hydrogen-bond acceptors (Lipinski definition) is 5. The van der Waals surface area contributed by atoms with Crippen molar-refractivity contribution in [3.63, 3.8) is 0 Å². The van der Waals surface area contributed by atoms with Crippen molar-refractivity contribution in [3.8, 4) is 28.0 Å². The average Bonchev–Trinajstić information content (AvgIpc) is 2.88. The highest BCUT2D eigenvalue weighted by Crippen LogP contribution is 2.37. The van der Waals surface area contributed by atoms with Crippen LogP contribution < -0.4 is 15.6 Å². The Morgan fingerprint density at radius 1 is 1.05 bits per heavy atom. The van der Waals surface area contributed by atoms with Gasteiger partial charge in [-0.15, -0.1) is 0 Å². The number of halogens is 1. The van der Waals surface area contributed by atoms with E-state index < -0.39 is 11.5 Å². The van der Waals surface area contributed by atoms with E-state index in [-0.39, 0.29) is 11.4 Å². The molecule has 38 heavy (non-hydrogen) atoms. The summed E-state index contributed by atoms with van der Waals surface area (Å²) in [4.78, 5) is 31.1. The van der Waals surface area contributed by atoms with E-state index in [2.05, 4.69) is 10.3 Å². The Morgan fingerprint density at radius 3 is 2.39 bits per heavy atom. The zero-order chi connectivity index (χ0) is 27.6. The fourth-order valence-corrected chi connectivity index (χ4v) is 4.57. The van der Waals surface area contributed by atoms with E-state index in [9.17, 15) is 9.59 Å². The largest absolute Gasteiger partial charge is 0.496 e. The first-order valence-electron chi connectivity index (χ1n) is 12.2. The quantitative estimate of drug-likeness (QED) is 0.367. The van der Waals surface area contributed by atoms with Gasteiger partial charge in [0.05, 0.1) is 13.4 Å². The molecule has 8 heteroatoms. The molecule has 0 aliphatic carbocycles. The predicted octanol–water partition coefficient (Wildman–Crippen LogP) is 5.19. The monoisotopic (exact) mass is 514 g/mol. The lowest BCUT2D eigenvalue weighted by Crippen LogP contribution is -2.28. The lowest BCUT2D eigenvalue weighted by Gasteiger charge is -2.19. The van der Waals surface area contributed by atoms with E-state index in [1.54, 1.807) is 26.3 Å². The van der Waals surface area contributed by atoms with Crippen LogP contribution in [0, 0.1) is 19.7 Å². The summed E-state index contributed by atoms with van der Waals surface area (Å²) in [5.41, 5.74) is 5.90. The summed E-state index contributed by atoms with van der Waals surface area (Å²) in [5.74, 6) is -0.342. The number of rotatable bonds is 7. The van der Waals surface area contributed by atoms with Crippen LogP contribution in [0.2, 0.25) is 0 Å². The number of hydrogen-bond donors (Lipinski definition) is 1. The van der Waals surface area contributed by atoms with Gasteiger partial charge in [0.1, 0.15) is 17.1 Å². The number of aryl methyl sites for hydroxylation is 1. The molecule has 0 aliphatic heterocycles. The topological polar surface area (TPSA) is 76.5 Å². The van der Waals surface area contributed by atoms with Gasteiger partial charge in [0.15, 0.2) is 0 Å². The molecule has 1 aromatic heterocycles. The number of methoxy groups -OCH3 is 1. The van der Waals surface area contributed by atoms with Gasteiger partial charge >= 0.3 is 0 Å². The van der Waals surface area contributed by atoms with Crippen molar-refractivity contribution in [2.75, 3.05) is 26.5 Å². The number of carbonyl (C=O) groups is 1. The lowest BCUT2D eigenvalue weighted by molar-refractivity contribution is 0.102. The minimum absolute atomic E-state index is 0.0355. The van der Waals surface area contributed by atoms with Crippen LogP contribution in [0.4, 0.5) is 10.1 Å². The third-order valence-corrected chi connectivity index (χ3v) is 6.60. The van der Waals surface area contributed by atoms with Gasteiger partial charge in [-0.3, -0.25) is 9.59 Å².